The Labute approximate surface area is 157 Å². The molecule has 0 N–H and O–H groups in total. The second-order valence-corrected chi connectivity index (χ2v) is 5.70. The lowest BCUT2D eigenvalue weighted by atomic mass is 10.3. The van der Waals surface area contributed by atoms with Crippen molar-refractivity contribution in [2.75, 3.05) is 0 Å². The van der Waals surface area contributed by atoms with Crippen LogP contribution in [0.4, 0.5) is 0 Å². The van der Waals surface area contributed by atoms with Crippen LogP contribution in [0, 0.1) is 20.8 Å². The molecule has 144 valence electrons. The van der Waals surface area contributed by atoms with Gasteiger partial charge in [0.25, 0.3) is 0 Å². The van der Waals surface area contributed by atoms with Gasteiger partial charge in [0.2, 0.25) is 0 Å². The number of ketones is 1. The van der Waals surface area contributed by atoms with Gasteiger partial charge in [0, 0.05) is 19.8 Å². The van der Waals surface area contributed by atoms with Gasteiger partial charge in [-0.2, -0.15) is 0 Å². The monoisotopic (exact) mass is 360 g/mol. The van der Waals surface area contributed by atoms with Crippen LogP contribution >= 0.6 is 0 Å². The molecule has 3 heterocycles. The quantitative estimate of drug-likeness (QED) is 0.486. The van der Waals surface area contributed by atoms with Gasteiger partial charge in [-0.1, -0.05) is 21.3 Å². The first-order valence-electron chi connectivity index (χ1n) is 8.53. The predicted molar refractivity (Wildman–Crippen MR) is 106 cm³/mol. The third-order valence-electron chi connectivity index (χ3n) is 3.38. The first-order valence-corrected chi connectivity index (χ1v) is 8.53. The number of Topliss-reactive ketones (excluding diaryl/α,β-unsaturated/α-hetero) is 1. The van der Waals surface area contributed by atoms with Crippen molar-refractivity contribution in [3.63, 3.8) is 0 Å². The van der Waals surface area contributed by atoms with Crippen LogP contribution in [0.25, 0.3) is 0 Å². The van der Waals surface area contributed by atoms with E-state index in [0.29, 0.717) is 5.76 Å². The van der Waals surface area contributed by atoms with E-state index in [-0.39, 0.29) is 13.2 Å². The van der Waals surface area contributed by atoms with Gasteiger partial charge in [-0.3, -0.25) is 4.79 Å². The molecule has 0 radical (unpaired) electrons. The van der Waals surface area contributed by atoms with E-state index in [4.69, 9.17) is 13.3 Å². The van der Waals surface area contributed by atoms with Gasteiger partial charge in [0.15, 0.2) is 11.5 Å². The summed E-state index contributed by atoms with van der Waals surface area (Å²) >= 11 is 0. The fourth-order valence-electron chi connectivity index (χ4n) is 1.97. The van der Waals surface area contributed by atoms with E-state index in [2.05, 4.69) is 13.8 Å². The van der Waals surface area contributed by atoms with Crippen molar-refractivity contribution in [3.8, 4) is 0 Å². The highest BCUT2D eigenvalue weighted by atomic mass is 16.3. The number of furan rings is 3. The Kier molecular flexibility index (Phi) is 10.8. The molecule has 0 aromatic carbocycles. The van der Waals surface area contributed by atoms with Crippen LogP contribution in [0.1, 0.15) is 67.6 Å². The third kappa shape index (κ3) is 8.56. The van der Waals surface area contributed by atoms with Crippen LogP contribution in [-0.2, 0) is 12.8 Å². The topological polar surface area (TPSA) is 56.5 Å². The number of carbonyl (C=O) groups is 1. The molecule has 3 rings (SSSR count). The molecule has 4 heteroatoms. The van der Waals surface area contributed by atoms with Crippen molar-refractivity contribution >= 4 is 5.78 Å². The van der Waals surface area contributed by atoms with Crippen LogP contribution in [0.3, 0.4) is 0 Å². The molecular weight excluding hydrogens is 328 g/mol. The summed E-state index contributed by atoms with van der Waals surface area (Å²) in [4.78, 5) is 10.6. The summed E-state index contributed by atoms with van der Waals surface area (Å²) < 4.78 is 15.5. The number of carbonyl (C=O) groups excluding carboxylic acids is 1. The molecule has 0 bridgehead atoms. The molecule has 26 heavy (non-hydrogen) atoms. The fourth-order valence-corrected chi connectivity index (χ4v) is 1.97. The molecule has 0 fully saturated rings. The van der Waals surface area contributed by atoms with Gasteiger partial charge in [0.05, 0.1) is 0 Å². The van der Waals surface area contributed by atoms with Gasteiger partial charge in [-0.25, -0.2) is 0 Å². The minimum Gasteiger partial charge on any atom is -0.466 e. The van der Waals surface area contributed by atoms with Gasteiger partial charge in [-0.15, -0.1) is 0 Å². The second-order valence-electron chi connectivity index (χ2n) is 5.70. The number of hydrogen-bond acceptors (Lipinski definition) is 4. The lowest BCUT2D eigenvalue weighted by Gasteiger charge is -1.83. The Bertz CT molecular complexity index is 718. The van der Waals surface area contributed by atoms with Crippen molar-refractivity contribution in [3.05, 3.63) is 71.0 Å². The van der Waals surface area contributed by atoms with Crippen LogP contribution in [0.2, 0.25) is 0 Å². The normalized spacial score (nSPS) is 9.31. The largest absolute Gasteiger partial charge is 0.466 e. The van der Waals surface area contributed by atoms with E-state index in [0.717, 1.165) is 41.6 Å². The summed E-state index contributed by atoms with van der Waals surface area (Å²) in [6, 6.07) is 11.4. The Morgan fingerprint density at radius 1 is 0.731 bits per heavy atom. The van der Waals surface area contributed by atoms with Gasteiger partial charge < -0.3 is 13.3 Å². The van der Waals surface area contributed by atoms with Crippen LogP contribution in [-0.4, -0.2) is 5.78 Å². The molecule has 0 aliphatic heterocycles. The maximum atomic E-state index is 10.6. The van der Waals surface area contributed by atoms with E-state index >= 15 is 0 Å². The highest BCUT2D eigenvalue weighted by molar-refractivity contribution is 5.91. The summed E-state index contributed by atoms with van der Waals surface area (Å²) in [6.45, 7) is 11.4. The smallest absolute Gasteiger partial charge is 0.194 e. The molecule has 4 nitrogen and oxygen atoms in total. The Morgan fingerprint density at radius 3 is 1.27 bits per heavy atom. The predicted octanol–water partition coefficient (Wildman–Crippen LogP) is 6.73. The first kappa shape index (κ1) is 23.5. The summed E-state index contributed by atoms with van der Waals surface area (Å²) in [6.07, 6.45) is 1.99. The minimum absolute atomic E-state index is 0. The van der Waals surface area contributed by atoms with E-state index in [1.165, 1.54) is 6.92 Å². The summed E-state index contributed by atoms with van der Waals surface area (Å²) in [5.41, 5.74) is 0. The Balaban J connectivity index is 0.000000355. The average molecular weight is 360 g/mol. The second kappa shape index (κ2) is 12.0. The van der Waals surface area contributed by atoms with Crippen molar-refractivity contribution in [1.82, 2.24) is 0 Å². The summed E-state index contributed by atoms with van der Waals surface area (Å²) in [5.74, 6) is 5.34. The maximum absolute atomic E-state index is 10.6. The Hall–Kier alpha value is -2.49. The van der Waals surface area contributed by atoms with E-state index < -0.39 is 0 Å². The molecule has 0 aliphatic carbocycles. The molecule has 0 unspecified atom stereocenters. The first-order chi connectivity index (χ1) is 11.8. The minimum atomic E-state index is -0.0249. The molecule has 3 aromatic rings. The molecule has 0 aliphatic rings. The van der Waals surface area contributed by atoms with Crippen molar-refractivity contribution in [2.45, 2.75) is 61.8 Å². The lowest BCUT2D eigenvalue weighted by molar-refractivity contribution is 0.0986. The lowest BCUT2D eigenvalue weighted by Crippen LogP contribution is -1.85. The van der Waals surface area contributed by atoms with Crippen LogP contribution < -0.4 is 0 Å². The average Bonchev–Trinajstić information content (AvgIpc) is 3.30. The molecule has 0 spiro atoms. The van der Waals surface area contributed by atoms with E-state index in [1.807, 2.05) is 45.0 Å². The number of hydrogen-bond donors (Lipinski definition) is 0. The molecular formula is C22H32O4. The molecule has 0 amide bonds. The van der Waals surface area contributed by atoms with Crippen LogP contribution in [0.15, 0.2) is 49.6 Å². The highest BCUT2D eigenvalue weighted by Crippen LogP contribution is 2.06. The SMILES string of the molecule is C.CC(=O)c1ccc(C)o1.CCc1ccc(C)o1.CCc1ccc(C)o1. The van der Waals surface area contributed by atoms with Gasteiger partial charge in [0.1, 0.15) is 28.8 Å². The molecule has 0 atom stereocenters. The summed E-state index contributed by atoms with van der Waals surface area (Å²) in [5, 5.41) is 0. The zero-order valence-electron chi connectivity index (χ0n) is 16.0. The van der Waals surface area contributed by atoms with Crippen LogP contribution in [0.5, 0.6) is 0 Å². The van der Waals surface area contributed by atoms with Gasteiger partial charge >= 0.3 is 0 Å². The van der Waals surface area contributed by atoms with Crippen molar-refractivity contribution in [2.24, 2.45) is 0 Å². The van der Waals surface area contributed by atoms with Crippen molar-refractivity contribution in [1.29, 1.82) is 0 Å². The zero-order chi connectivity index (χ0) is 18.8. The fraction of sp³-hybridized carbons (Fsp3) is 0.409. The molecule has 0 saturated carbocycles. The standard InChI is InChI=1S/C7H8O2.2C7H10O.CH4/c1-5-3-4-7(9-5)6(2)8;2*1-3-7-5-4-6(2)8-7;/h3-4H,1-2H3;2*4-5H,3H2,1-2H3;1H4. The zero-order valence-corrected chi connectivity index (χ0v) is 16.0. The summed E-state index contributed by atoms with van der Waals surface area (Å²) in [7, 11) is 0. The number of rotatable bonds is 3. The van der Waals surface area contributed by atoms with E-state index in [1.54, 1.807) is 12.1 Å². The third-order valence-corrected chi connectivity index (χ3v) is 3.38. The maximum Gasteiger partial charge on any atom is 0.194 e. The molecule has 0 saturated heterocycles. The number of aryl methyl sites for hydroxylation is 5. The van der Waals surface area contributed by atoms with Crippen molar-refractivity contribution < 1.29 is 18.0 Å². The Morgan fingerprint density at radius 2 is 1.12 bits per heavy atom. The van der Waals surface area contributed by atoms with Gasteiger partial charge in [-0.05, 0) is 57.2 Å². The molecule has 3 aromatic heterocycles. The van der Waals surface area contributed by atoms with E-state index in [9.17, 15) is 4.79 Å². The highest BCUT2D eigenvalue weighted by Gasteiger charge is 2.01.